The summed E-state index contributed by atoms with van der Waals surface area (Å²) >= 11 is 0. The molecule has 0 saturated carbocycles. The normalized spacial score (nSPS) is 17.4. The molecule has 98 valence electrons. The minimum atomic E-state index is -1.88. The van der Waals surface area contributed by atoms with Crippen molar-refractivity contribution >= 4 is 16.7 Å². The topological polar surface area (TPSA) is 60.2 Å². The molecule has 3 nitrogen and oxygen atoms in total. The van der Waals surface area contributed by atoms with E-state index in [0.29, 0.717) is 5.56 Å². The van der Waals surface area contributed by atoms with Crippen LogP contribution in [0.2, 0.25) is 0 Å². The number of primary amides is 1. The van der Waals surface area contributed by atoms with Gasteiger partial charge >= 0.3 is 0 Å². The summed E-state index contributed by atoms with van der Waals surface area (Å²) in [5.41, 5.74) is 5.49. The molecule has 0 aromatic heterocycles. The van der Waals surface area contributed by atoms with Gasteiger partial charge in [-0.3, -0.25) is 9.00 Å². The third-order valence-corrected chi connectivity index (χ3v) is 4.03. The van der Waals surface area contributed by atoms with E-state index >= 15 is 0 Å². The van der Waals surface area contributed by atoms with Crippen LogP contribution in [-0.4, -0.2) is 15.9 Å². The van der Waals surface area contributed by atoms with E-state index in [0.717, 1.165) is 0 Å². The highest BCUT2D eigenvalue weighted by molar-refractivity contribution is 7.86. The van der Waals surface area contributed by atoms with Crippen LogP contribution in [0.1, 0.15) is 23.2 Å². The lowest BCUT2D eigenvalue weighted by molar-refractivity contribution is -0.115. The first-order valence-electron chi connectivity index (χ1n) is 8.03. The molecule has 2 aromatic rings. The smallest absolute Gasteiger partial charge is 0.230 e. The van der Waals surface area contributed by atoms with Crippen molar-refractivity contribution in [3.8, 4) is 0 Å². The van der Waals surface area contributed by atoms with Gasteiger partial charge in [-0.1, -0.05) is 60.5 Å². The van der Waals surface area contributed by atoms with Gasteiger partial charge in [-0.2, -0.15) is 0 Å². The quantitative estimate of drug-likeness (QED) is 0.909. The number of hydrogen-bond acceptors (Lipinski definition) is 2. The molecule has 0 radical (unpaired) electrons. The average molecular weight is 278 g/mol. The highest BCUT2D eigenvalue weighted by Crippen LogP contribution is 2.27. The fraction of sp³-hybridized carbons (Fsp3) is 0.133. The average Bonchev–Trinajstić information content (AvgIpc) is 2.55. The lowest BCUT2D eigenvalue weighted by Gasteiger charge is -2.16. The van der Waals surface area contributed by atoms with Gasteiger partial charge in [-0.25, -0.2) is 0 Å². The molecule has 0 bridgehead atoms. The molecule has 0 heterocycles. The zero-order valence-corrected chi connectivity index (χ0v) is 10.8. The van der Waals surface area contributed by atoms with Crippen LogP contribution in [0.25, 0.3) is 0 Å². The minimum absolute atomic E-state index is 0.105. The van der Waals surface area contributed by atoms with E-state index in [1.807, 2.05) is 0 Å². The van der Waals surface area contributed by atoms with E-state index in [-0.39, 0.29) is 5.56 Å². The van der Waals surface area contributed by atoms with Crippen LogP contribution >= 0.6 is 0 Å². The summed E-state index contributed by atoms with van der Waals surface area (Å²) in [5.74, 6) is -1.26. The third kappa shape index (κ3) is 3.51. The number of benzene rings is 2. The van der Waals surface area contributed by atoms with Gasteiger partial charge in [0.05, 0.1) is 12.1 Å². The predicted molar refractivity (Wildman–Crippen MR) is 76.9 cm³/mol. The standard InChI is InChI=1S/C15H15NO2S/c16-14(17)11-19(18)15(12-7-3-1-4-8-12)13-9-5-2-6-10-13/h1-10,15H,11H2,(H2,16,17)/t19-/m1/s1/i1D,3D,4D,7D,8D/t15?,19-. The summed E-state index contributed by atoms with van der Waals surface area (Å²) in [6.45, 7) is 0. The first-order chi connectivity index (χ1) is 11.3. The van der Waals surface area contributed by atoms with Crippen molar-refractivity contribution in [3.05, 3.63) is 71.7 Å². The monoisotopic (exact) mass is 278 g/mol. The number of amides is 1. The van der Waals surface area contributed by atoms with Gasteiger partial charge in [0.1, 0.15) is 5.75 Å². The fourth-order valence-electron chi connectivity index (χ4n) is 1.69. The zero-order valence-electron chi connectivity index (χ0n) is 15.0. The fourth-order valence-corrected chi connectivity index (χ4v) is 2.98. The number of rotatable bonds is 5. The molecular formula is C15H15NO2S. The molecule has 1 amide bonds. The summed E-state index contributed by atoms with van der Waals surface area (Å²) in [4.78, 5) is 11.2. The number of nitrogens with two attached hydrogens (primary N) is 1. The van der Waals surface area contributed by atoms with Gasteiger partial charge in [-0.15, -0.1) is 0 Å². The van der Waals surface area contributed by atoms with Gasteiger partial charge < -0.3 is 5.73 Å². The second-order valence-corrected chi connectivity index (χ2v) is 5.34. The Hall–Kier alpha value is -1.94. The van der Waals surface area contributed by atoms with Crippen molar-refractivity contribution in [2.45, 2.75) is 5.25 Å². The molecule has 0 saturated heterocycles. The van der Waals surface area contributed by atoms with Crippen LogP contribution in [0, 0.1) is 0 Å². The van der Waals surface area contributed by atoms with Crippen LogP contribution in [0.15, 0.2) is 60.5 Å². The highest BCUT2D eigenvalue weighted by Gasteiger charge is 2.22. The van der Waals surface area contributed by atoms with Gasteiger partial charge in [0.2, 0.25) is 5.91 Å². The van der Waals surface area contributed by atoms with Crippen molar-refractivity contribution in [1.82, 2.24) is 0 Å². The predicted octanol–water partition coefficient (Wildman–Crippen LogP) is 2.01. The largest absolute Gasteiger partial charge is 0.369 e. The minimum Gasteiger partial charge on any atom is -0.369 e. The summed E-state index contributed by atoms with van der Waals surface area (Å²) < 4.78 is 52.0. The van der Waals surface area contributed by atoms with Gasteiger partial charge in [0, 0.05) is 10.8 Å². The molecule has 0 fully saturated rings. The highest BCUT2D eigenvalue weighted by atomic mass is 32.2. The Kier molecular flexibility index (Phi) is 2.74. The number of hydrogen-bond donors (Lipinski definition) is 1. The van der Waals surface area contributed by atoms with Crippen LogP contribution in [0.5, 0.6) is 0 Å². The molecule has 2 aromatic carbocycles. The van der Waals surface area contributed by atoms with E-state index in [4.69, 9.17) is 12.6 Å². The van der Waals surface area contributed by atoms with Crippen molar-refractivity contribution in [1.29, 1.82) is 0 Å². The summed E-state index contributed by atoms with van der Waals surface area (Å²) in [7, 11) is -1.88. The SMILES string of the molecule is [2H]c1c([2H])c([2H])c(C(c2ccccc2)[S@](=O)CC(N)=O)c([2H])c1[2H]. The number of carbonyl (C=O) groups excluding carboxylic acids is 1. The second kappa shape index (κ2) is 6.29. The molecule has 0 aliphatic carbocycles. The first-order valence-corrected chi connectivity index (χ1v) is 6.91. The van der Waals surface area contributed by atoms with Crippen molar-refractivity contribution in [2.75, 3.05) is 5.75 Å². The van der Waals surface area contributed by atoms with Crippen molar-refractivity contribution in [3.63, 3.8) is 0 Å². The van der Waals surface area contributed by atoms with Crippen molar-refractivity contribution in [2.24, 2.45) is 5.73 Å². The lowest BCUT2D eigenvalue weighted by atomic mass is 10.0. The Morgan fingerprint density at radius 3 is 2.37 bits per heavy atom. The maximum atomic E-state index is 12.6. The van der Waals surface area contributed by atoms with Crippen LogP contribution in [0.4, 0.5) is 0 Å². The van der Waals surface area contributed by atoms with E-state index in [1.165, 1.54) is 0 Å². The van der Waals surface area contributed by atoms with E-state index in [9.17, 15) is 9.00 Å². The Labute approximate surface area is 121 Å². The summed E-state index contributed by atoms with van der Waals surface area (Å²) in [5, 5.41) is -1.05. The number of carbonyl (C=O) groups is 1. The third-order valence-electron chi connectivity index (χ3n) is 2.43. The molecule has 2 atom stereocenters. The first kappa shape index (κ1) is 8.27. The van der Waals surface area contributed by atoms with Gasteiger partial charge in [-0.05, 0) is 11.1 Å². The van der Waals surface area contributed by atoms with Crippen LogP contribution in [0.3, 0.4) is 0 Å². The van der Waals surface area contributed by atoms with E-state index < -0.39 is 57.9 Å². The Balaban J connectivity index is 2.74. The Bertz CT molecular complexity index is 784. The maximum Gasteiger partial charge on any atom is 0.230 e. The maximum absolute atomic E-state index is 12.6. The van der Waals surface area contributed by atoms with Gasteiger partial charge in [0.15, 0.2) is 0 Å². The van der Waals surface area contributed by atoms with Gasteiger partial charge in [0.25, 0.3) is 0 Å². The second-order valence-electron chi connectivity index (χ2n) is 3.82. The summed E-state index contributed by atoms with van der Waals surface area (Å²) in [6, 6.07) is 5.93. The van der Waals surface area contributed by atoms with E-state index in [1.54, 1.807) is 30.3 Å². The molecule has 1 unspecified atom stereocenters. The Morgan fingerprint density at radius 1 is 1.16 bits per heavy atom. The van der Waals surface area contributed by atoms with Crippen LogP contribution < -0.4 is 5.73 Å². The Morgan fingerprint density at radius 2 is 1.79 bits per heavy atom. The van der Waals surface area contributed by atoms with Crippen LogP contribution in [-0.2, 0) is 15.6 Å². The molecule has 0 aliphatic rings. The van der Waals surface area contributed by atoms with E-state index in [2.05, 4.69) is 0 Å². The molecule has 2 rings (SSSR count). The molecule has 19 heavy (non-hydrogen) atoms. The molecule has 2 N–H and O–H groups in total. The summed E-state index contributed by atoms with van der Waals surface area (Å²) in [6.07, 6.45) is 0. The molecule has 0 aliphatic heterocycles. The zero-order chi connectivity index (χ0) is 18.0. The van der Waals surface area contributed by atoms with Crippen molar-refractivity contribution < 1.29 is 15.9 Å². The molecule has 4 heteroatoms. The molecule has 0 spiro atoms. The lowest BCUT2D eigenvalue weighted by Crippen LogP contribution is -2.23. The molecular weight excluding hydrogens is 258 g/mol.